The SMILES string of the molecule is N#Cc1cc2cc(c1)-c1cc(F)ccc1CCOC(=O)c1cc(Cl)c(O)c(c1)S(=O)(=O)N2. The Morgan fingerprint density at radius 1 is 1.12 bits per heavy atom. The van der Waals surface area contributed by atoms with Gasteiger partial charge in [0, 0.05) is 6.42 Å². The highest BCUT2D eigenvalue weighted by atomic mass is 35.5. The fourth-order valence-electron chi connectivity index (χ4n) is 3.39. The molecule has 0 atom stereocenters. The molecule has 0 aromatic heterocycles. The molecule has 1 heterocycles. The number of nitrogens with zero attached hydrogens (tertiary/aromatic N) is 1. The van der Waals surface area contributed by atoms with Crippen molar-refractivity contribution in [1.29, 1.82) is 5.26 Å². The number of fused-ring (bicyclic) bond motifs is 6. The number of hydrogen-bond acceptors (Lipinski definition) is 6. The van der Waals surface area contributed by atoms with E-state index in [0.717, 1.165) is 12.1 Å². The molecule has 162 valence electrons. The molecule has 0 unspecified atom stereocenters. The lowest BCUT2D eigenvalue weighted by Gasteiger charge is -2.16. The average molecular weight is 473 g/mol. The number of benzene rings is 3. The molecule has 7 nitrogen and oxygen atoms in total. The van der Waals surface area contributed by atoms with E-state index in [4.69, 9.17) is 16.3 Å². The molecular formula is C22H14ClFN2O5S. The van der Waals surface area contributed by atoms with Crippen LogP contribution in [-0.4, -0.2) is 26.1 Å². The minimum atomic E-state index is -4.43. The number of esters is 1. The van der Waals surface area contributed by atoms with Crippen LogP contribution in [0.1, 0.15) is 21.5 Å². The molecule has 2 N–H and O–H groups in total. The van der Waals surface area contributed by atoms with Crippen molar-refractivity contribution in [1.82, 2.24) is 0 Å². The number of ether oxygens (including phenoxy) is 1. The van der Waals surface area contributed by atoms with Crippen LogP contribution in [0.15, 0.2) is 53.4 Å². The molecule has 0 radical (unpaired) electrons. The van der Waals surface area contributed by atoms with Gasteiger partial charge in [0.05, 0.1) is 34.5 Å². The Balaban J connectivity index is 1.97. The molecular weight excluding hydrogens is 459 g/mol. The summed E-state index contributed by atoms with van der Waals surface area (Å²) in [6.45, 7) is -0.0822. The molecule has 10 heteroatoms. The molecule has 1 aliphatic heterocycles. The third kappa shape index (κ3) is 4.10. The normalized spacial score (nSPS) is 14.8. The van der Waals surface area contributed by atoms with Gasteiger partial charge >= 0.3 is 5.97 Å². The first-order valence-electron chi connectivity index (χ1n) is 9.24. The molecule has 4 rings (SSSR count). The van der Waals surface area contributed by atoms with E-state index in [1.165, 1.54) is 36.4 Å². The fourth-order valence-corrected chi connectivity index (χ4v) is 4.85. The summed E-state index contributed by atoms with van der Waals surface area (Å²) < 4.78 is 47.5. The van der Waals surface area contributed by atoms with Crippen LogP contribution in [0.4, 0.5) is 10.1 Å². The number of hydrogen-bond donors (Lipinski definition) is 2. The molecule has 32 heavy (non-hydrogen) atoms. The lowest BCUT2D eigenvalue weighted by atomic mass is 9.96. The van der Waals surface area contributed by atoms with Crippen LogP contribution in [0.25, 0.3) is 11.1 Å². The summed E-state index contributed by atoms with van der Waals surface area (Å²) in [5.74, 6) is -2.11. The number of nitrogens with one attached hydrogen (secondary N) is 1. The molecule has 0 saturated heterocycles. The van der Waals surface area contributed by atoms with Gasteiger partial charge in [-0.3, -0.25) is 4.72 Å². The molecule has 3 aromatic rings. The second kappa shape index (κ2) is 8.15. The van der Waals surface area contributed by atoms with Crippen LogP contribution in [0, 0.1) is 17.1 Å². The lowest BCUT2D eigenvalue weighted by Crippen LogP contribution is -2.16. The number of carbonyl (C=O) groups is 1. The van der Waals surface area contributed by atoms with Crippen LogP contribution < -0.4 is 4.72 Å². The molecule has 0 amide bonds. The van der Waals surface area contributed by atoms with Gasteiger partial charge in [0.2, 0.25) is 0 Å². The van der Waals surface area contributed by atoms with Crippen molar-refractivity contribution in [2.75, 3.05) is 11.3 Å². The summed E-state index contributed by atoms with van der Waals surface area (Å²) in [4.78, 5) is 11.8. The fraction of sp³-hybridized carbons (Fsp3) is 0.0909. The van der Waals surface area contributed by atoms with Crippen molar-refractivity contribution in [2.24, 2.45) is 0 Å². The summed E-state index contributed by atoms with van der Waals surface area (Å²) in [5, 5.41) is 19.3. The van der Waals surface area contributed by atoms with Gasteiger partial charge in [-0.05, 0) is 59.2 Å². The second-order valence-corrected chi connectivity index (χ2v) is 9.07. The van der Waals surface area contributed by atoms with Crippen molar-refractivity contribution in [3.05, 3.63) is 76.1 Å². The number of phenols is 1. The highest BCUT2D eigenvalue weighted by Crippen LogP contribution is 2.35. The second-order valence-electron chi connectivity index (χ2n) is 7.01. The van der Waals surface area contributed by atoms with Gasteiger partial charge in [0.1, 0.15) is 10.7 Å². The summed E-state index contributed by atoms with van der Waals surface area (Å²) >= 11 is 5.94. The van der Waals surface area contributed by atoms with Crippen LogP contribution in [-0.2, 0) is 21.2 Å². The Kier molecular flexibility index (Phi) is 5.50. The average Bonchev–Trinajstić information content (AvgIpc) is 2.75. The molecule has 4 bridgehead atoms. The zero-order chi connectivity index (χ0) is 23.0. The van der Waals surface area contributed by atoms with E-state index in [9.17, 15) is 28.0 Å². The Hall–Kier alpha value is -3.61. The van der Waals surface area contributed by atoms with Crippen molar-refractivity contribution < 1.29 is 27.4 Å². The molecule has 0 spiro atoms. The van der Waals surface area contributed by atoms with E-state index >= 15 is 0 Å². The van der Waals surface area contributed by atoms with Crippen LogP contribution in [0.3, 0.4) is 0 Å². The van der Waals surface area contributed by atoms with Crippen molar-refractivity contribution in [3.8, 4) is 22.9 Å². The highest BCUT2D eigenvalue weighted by molar-refractivity contribution is 7.92. The highest BCUT2D eigenvalue weighted by Gasteiger charge is 2.25. The first kappa shape index (κ1) is 21.6. The first-order valence-corrected chi connectivity index (χ1v) is 11.1. The molecule has 0 saturated carbocycles. The molecule has 3 aromatic carbocycles. The number of halogens is 2. The number of phenolic OH excluding ortho intramolecular Hbond substituents is 1. The van der Waals surface area contributed by atoms with Crippen LogP contribution in [0.5, 0.6) is 5.75 Å². The summed E-state index contributed by atoms with van der Waals surface area (Å²) in [6, 6.07) is 12.3. The van der Waals surface area contributed by atoms with E-state index in [1.54, 1.807) is 0 Å². The Labute approximate surface area is 187 Å². The molecule has 0 aliphatic carbocycles. The van der Waals surface area contributed by atoms with Crippen LogP contribution >= 0.6 is 11.6 Å². The maximum atomic E-state index is 14.0. The smallest absolute Gasteiger partial charge is 0.338 e. The van der Waals surface area contributed by atoms with Crippen molar-refractivity contribution in [3.63, 3.8) is 0 Å². The summed E-state index contributed by atoms with van der Waals surface area (Å²) in [7, 11) is -4.43. The summed E-state index contributed by atoms with van der Waals surface area (Å²) in [6.07, 6.45) is 0.234. The minimum absolute atomic E-state index is 0.00910. The van der Waals surface area contributed by atoms with Gasteiger partial charge in [-0.25, -0.2) is 17.6 Å². The van der Waals surface area contributed by atoms with E-state index in [2.05, 4.69) is 4.72 Å². The summed E-state index contributed by atoms with van der Waals surface area (Å²) in [5.41, 5.74) is 1.40. The number of cyclic esters (lactones) is 1. The topological polar surface area (TPSA) is 116 Å². The third-order valence-corrected chi connectivity index (χ3v) is 6.54. The number of rotatable bonds is 0. The van der Waals surface area contributed by atoms with E-state index < -0.39 is 32.5 Å². The maximum Gasteiger partial charge on any atom is 0.338 e. The molecule has 0 fully saturated rings. The number of nitriles is 1. The predicted octanol–water partition coefficient (Wildman–Crippen LogP) is 4.24. The Morgan fingerprint density at radius 3 is 2.66 bits per heavy atom. The largest absolute Gasteiger partial charge is 0.505 e. The minimum Gasteiger partial charge on any atom is -0.505 e. The zero-order valence-electron chi connectivity index (χ0n) is 16.2. The number of sulfonamides is 1. The quantitative estimate of drug-likeness (QED) is 0.473. The predicted molar refractivity (Wildman–Crippen MR) is 114 cm³/mol. The maximum absolute atomic E-state index is 14.0. The van der Waals surface area contributed by atoms with Gasteiger partial charge in [0.25, 0.3) is 10.0 Å². The first-order chi connectivity index (χ1) is 15.2. The van der Waals surface area contributed by atoms with Gasteiger partial charge in [-0.1, -0.05) is 17.7 Å². The van der Waals surface area contributed by atoms with E-state index in [1.807, 2.05) is 6.07 Å². The van der Waals surface area contributed by atoms with Crippen LogP contribution in [0.2, 0.25) is 5.02 Å². The van der Waals surface area contributed by atoms with E-state index in [0.29, 0.717) is 16.7 Å². The molecule has 1 aliphatic rings. The Morgan fingerprint density at radius 2 is 1.91 bits per heavy atom. The number of aromatic hydroxyl groups is 1. The van der Waals surface area contributed by atoms with Crippen molar-refractivity contribution >= 4 is 33.3 Å². The lowest BCUT2D eigenvalue weighted by molar-refractivity contribution is 0.0509. The van der Waals surface area contributed by atoms with Gasteiger partial charge in [-0.2, -0.15) is 5.26 Å². The third-order valence-electron chi connectivity index (χ3n) is 4.86. The number of carbonyl (C=O) groups excluding carboxylic acids is 1. The monoisotopic (exact) mass is 472 g/mol. The Bertz CT molecular complexity index is 1420. The van der Waals surface area contributed by atoms with Crippen molar-refractivity contribution in [2.45, 2.75) is 11.3 Å². The van der Waals surface area contributed by atoms with Gasteiger partial charge in [0.15, 0.2) is 5.75 Å². The standard InChI is InChI=1S/C22H14ClFN2O5S/c23-19-8-15-9-20(21(19)27)32(29,30)26-17-6-12(11-25)5-14(7-17)18-10-16(24)2-1-13(18)3-4-31-22(15)28/h1-2,5-10,26-27H,3-4H2. The van der Waals surface area contributed by atoms with E-state index in [-0.39, 0.29) is 34.9 Å². The van der Waals surface area contributed by atoms with Gasteiger partial charge in [-0.15, -0.1) is 0 Å². The number of anilines is 1. The van der Waals surface area contributed by atoms with Gasteiger partial charge < -0.3 is 9.84 Å². The zero-order valence-corrected chi connectivity index (χ0v) is 17.8.